The lowest BCUT2D eigenvalue weighted by atomic mass is 10.2. The van der Waals surface area contributed by atoms with Crippen molar-refractivity contribution in [2.24, 2.45) is 0 Å². The second-order valence-corrected chi connectivity index (χ2v) is 3.93. The molecule has 2 rings (SSSR count). The number of hydrogen-bond donors (Lipinski definition) is 0. The van der Waals surface area contributed by atoms with Crippen LogP contribution in [0.15, 0.2) is 30.5 Å². The van der Waals surface area contributed by atoms with E-state index in [1.807, 2.05) is 42.8 Å². The minimum Gasteiger partial charge on any atom is -0.494 e. The second kappa shape index (κ2) is 5.37. The van der Waals surface area contributed by atoms with Crippen LogP contribution in [-0.2, 0) is 6.42 Å². The molecule has 0 saturated carbocycles. The fourth-order valence-electron chi connectivity index (χ4n) is 1.81. The number of nitrogens with zero attached hydrogens (tertiary/aromatic N) is 3. The summed E-state index contributed by atoms with van der Waals surface area (Å²) in [7, 11) is 0. The summed E-state index contributed by atoms with van der Waals surface area (Å²) in [5.41, 5.74) is 2.94. The third-order valence-electron chi connectivity index (χ3n) is 2.77. The van der Waals surface area contributed by atoms with Crippen LogP contribution in [0.1, 0.15) is 18.2 Å². The lowest BCUT2D eigenvalue weighted by Crippen LogP contribution is -1.99. The van der Waals surface area contributed by atoms with Crippen LogP contribution in [0, 0.1) is 18.3 Å². The number of rotatable bonds is 4. The summed E-state index contributed by atoms with van der Waals surface area (Å²) in [4.78, 5) is 0. The van der Waals surface area contributed by atoms with E-state index in [0.29, 0.717) is 13.0 Å². The Hall–Kier alpha value is -2.28. The van der Waals surface area contributed by atoms with E-state index in [2.05, 4.69) is 11.2 Å². The third kappa shape index (κ3) is 2.35. The molecule has 1 heterocycles. The summed E-state index contributed by atoms with van der Waals surface area (Å²) in [5, 5.41) is 13.0. The van der Waals surface area contributed by atoms with Crippen molar-refractivity contribution in [3.05, 3.63) is 41.7 Å². The Morgan fingerprint density at radius 2 is 2.06 bits per heavy atom. The molecule has 4 heteroatoms. The van der Waals surface area contributed by atoms with E-state index in [9.17, 15) is 0 Å². The number of aromatic nitrogens is 2. The van der Waals surface area contributed by atoms with Gasteiger partial charge in [0.25, 0.3) is 0 Å². The molecule has 4 nitrogen and oxygen atoms in total. The third-order valence-corrected chi connectivity index (χ3v) is 2.77. The second-order valence-electron chi connectivity index (χ2n) is 3.93. The van der Waals surface area contributed by atoms with Gasteiger partial charge in [-0.3, -0.25) is 0 Å². The highest BCUT2D eigenvalue weighted by Crippen LogP contribution is 2.18. The molecule has 2 aromatic rings. The zero-order valence-corrected chi connectivity index (χ0v) is 10.6. The minimum atomic E-state index is 0.392. The first-order chi connectivity index (χ1) is 8.76. The van der Waals surface area contributed by atoms with Crippen LogP contribution in [0.3, 0.4) is 0 Å². The van der Waals surface area contributed by atoms with Crippen LogP contribution in [0.4, 0.5) is 0 Å². The van der Waals surface area contributed by atoms with E-state index < -0.39 is 0 Å². The van der Waals surface area contributed by atoms with Gasteiger partial charge in [-0.2, -0.15) is 10.4 Å². The normalized spacial score (nSPS) is 10.1. The molecule has 18 heavy (non-hydrogen) atoms. The molecule has 0 amide bonds. The Kier molecular flexibility index (Phi) is 3.63. The van der Waals surface area contributed by atoms with Crippen LogP contribution in [-0.4, -0.2) is 16.4 Å². The van der Waals surface area contributed by atoms with Gasteiger partial charge in [-0.1, -0.05) is 0 Å². The van der Waals surface area contributed by atoms with Crippen LogP contribution >= 0.6 is 0 Å². The molecule has 0 unspecified atom stereocenters. The summed E-state index contributed by atoms with van der Waals surface area (Å²) in [6, 6.07) is 9.90. The number of hydrogen-bond acceptors (Lipinski definition) is 3. The first-order valence-electron chi connectivity index (χ1n) is 5.90. The van der Waals surface area contributed by atoms with Gasteiger partial charge in [0.15, 0.2) is 0 Å². The first kappa shape index (κ1) is 12.2. The van der Waals surface area contributed by atoms with E-state index in [1.165, 1.54) is 0 Å². The molecule has 0 spiro atoms. The zero-order valence-electron chi connectivity index (χ0n) is 10.6. The molecule has 0 fully saturated rings. The van der Waals surface area contributed by atoms with Gasteiger partial charge >= 0.3 is 0 Å². The van der Waals surface area contributed by atoms with E-state index in [4.69, 9.17) is 10.00 Å². The number of ether oxygens (including phenoxy) is 1. The van der Waals surface area contributed by atoms with Crippen molar-refractivity contribution in [3.8, 4) is 17.5 Å². The first-order valence-corrected chi connectivity index (χ1v) is 5.90. The molecule has 1 aromatic carbocycles. The van der Waals surface area contributed by atoms with Crippen molar-refractivity contribution in [1.29, 1.82) is 5.26 Å². The molecule has 0 aliphatic heterocycles. The summed E-state index contributed by atoms with van der Waals surface area (Å²) in [5.74, 6) is 0.850. The van der Waals surface area contributed by atoms with Gasteiger partial charge < -0.3 is 4.74 Å². The van der Waals surface area contributed by atoms with E-state index in [1.54, 1.807) is 6.20 Å². The van der Waals surface area contributed by atoms with Gasteiger partial charge in [0.05, 0.1) is 31.0 Å². The van der Waals surface area contributed by atoms with Gasteiger partial charge in [-0.15, -0.1) is 0 Å². The van der Waals surface area contributed by atoms with Gasteiger partial charge in [-0.05, 0) is 38.1 Å². The Morgan fingerprint density at radius 3 is 2.67 bits per heavy atom. The molecule has 0 bridgehead atoms. The molecule has 0 radical (unpaired) electrons. The van der Waals surface area contributed by atoms with Crippen molar-refractivity contribution < 1.29 is 4.74 Å². The van der Waals surface area contributed by atoms with Crippen LogP contribution in [0.2, 0.25) is 0 Å². The molecule has 92 valence electrons. The van der Waals surface area contributed by atoms with Crippen LogP contribution < -0.4 is 4.74 Å². The maximum atomic E-state index is 8.72. The predicted octanol–water partition coefficient (Wildman–Crippen LogP) is 2.65. The van der Waals surface area contributed by atoms with Gasteiger partial charge in [-0.25, -0.2) is 4.68 Å². The van der Waals surface area contributed by atoms with E-state index >= 15 is 0 Å². The van der Waals surface area contributed by atoms with E-state index in [0.717, 1.165) is 22.7 Å². The molecule has 0 atom stereocenters. The Morgan fingerprint density at radius 1 is 1.33 bits per heavy atom. The SMILES string of the molecule is CCOc1ccc(-n2ncc(CC#N)c2C)cc1. The molecule has 0 saturated heterocycles. The predicted molar refractivity (Wildman–Crippen MR) is 68.8 cm³/mol. The van der Waals surface area contributed by atoms with Gasteiger partial charge in [0, 0.05) is 11.3 Å². The van der Waals surface area contributed by atoms with Crippen molar-refractivity contribution >= 4 is 0 Å². The van der Waals surface area contributed by atoms with E-state index in [-0.39, 0.29) is 0 Å². The molecule has 0 aliphatic rings. The lowest BCUT2D eigenvalue weighted by molar-refractivity contribution is 0.340. The lowest BCUT2D eigenvalue weighted by Gasteiger charge is -2.07. The number of benzene rings is 1. The summed E-state index contributed by atoms with van der Waals surface area (Å²) in [6.07, 6.45) is 2.14. The quantitative estimate of drug-likeness (QED) is 0.826. The molecule has 0 N–H and O–H groups in total. The average Bonchev–Trinajstić information content (AvgIpc) is 2.73. The Balaban J connectivity index is 2.29. The maximum absolute atomic E-state index is 8.72. The average molecular weight is 241 g/mol. The standard InChI is InChI=1S/C14H15N3O/c1-3-18-14-6-4-13(5-7-14)17-11(2)12(8-9-15)10-16-17/h4-7,10H,3,8H2,1-2H3. The molecule has 1 aromatic heterocycles. The largest absolute Gasteiger partial charge is 0.494 e. The van der Waals surface area contributed by atoms with Crippen LogP contribution in [0.25, 0.3) is 5.69 Å². The highest BCUT2D eigenvalue weighted by molar-refractivity contribution is 5.39. The Bertz CT molecular complexity index is 564. The fraction of sp³-hybridized carbons (Fsp3) is 0.286. The molecular formula is C14H15N3O. The van der Waals surface area contributed by atoms with Gasteiger partial charge in [0.1, 0.15) is 5.75 Å². The summed E-state index contributed by atoms with van der Waals surface area (Å²) < 4.78 is 7.23. The highest BCUT2D eigenvalue weighted by Gasteiger charge is 2.07. The maximum Gasteiger partial charge on any atom is 0.119 e. The van der Waals surface area contributed by atoms with Crippen LogP contribution in [0.5, 0.6) is 5.75 Å². The Labute approximate surface area is 106 Å². The summed E-state index contributed by atoms with van der Waals surface area (Å²) >= 11 is 0. The monoisotopic (exact) mass is 241 g/mol. The molecule has 0 aliphatic carbocycles. The zero-order chi connectivity index (χ0) is 13.0. The molecular weight excluding hydrogens is 226 g/mol. The fourth-order valence-corrected chi connectivity index (χ4v) is 1.81. The number of nitriles is 1. The smallest absolute Gasteiger partial charge is 0.119 e. The van der Waals surface area contributed by atoms with Crippen molar-refractivity contribution in [1.82, 2.24) is 9.78 Å². The minimum absolute atomic E-state index is 0.392. The summed E-state index contributed by atoms with van der Waals surface area (Å²) in [6.45, 7) is 4.59. The van der Waals surface area contributed by atoms with Crippen molar-refractivity contribution in [3.63, 3.8) is 0 Å². The van der Waals surface area contributed by atoms with Crippen molar-refractivity contribution in [2.75, 3.05) is 6.61 Å². The van der Waals surface area contributed by atoms with Crippen molar-refractivity contribution in [2.45, 2.75) is 20.3 Å². The van der Waals surface area contributed by atoms with Gasteiger partial charge in [0.2, 0.25) is 0 Å². The topological polar surface area (TPSA) is 50.8 Å². The highest BCUT2D eigenvalue weighted by atomic mass is 16.5.